The molecule has 0 fully saturated rings. The lowest BCUT2D eigenvalue weighted by molar-refractivity contribution is 0.0698. The lowest BCUT2D eigenvalue weighted by Crippen LogP contribution is -2.04. The Morgan fingerprint density at radius 2 is 2.29 bits per heavy atom. The Bertz CT molecular complexity index is 564. The first kappa shape index (κ1) is 10.9. The average Bonchev–Trinajstić information content (AvgIpc) is 2.66. The van der Waals surface area contributed by atoms with Gasteiger partial charge in [0.15, 0.2) is 0 Å². The molecule has 0 atom stereocenters. The number of carboxylic acid groups (broad SMARTS) is 1. The molecule has 0 aliphatic carbocycles. The SMILES string of the molecule is Cn1cc(Nc2cc(C(=O)O)c(N)cn2)cn1. The molecule has 0 radical (unpaired) electrons. The second-order valence-electron chi connectivity index (χ2n) is 3.49. The van der Waals surface area contributed by atoms with Gasteiger partial charge in [0.2, 0.25) is 0 Å². The van der Waals surface area contributed by atoms with E-state index >= 15 is 0 Å². The normalized spacial score (nSPS) is 10.2. The molecule has 0 aliphatic heterocycles. The minimum Gasteiger partial charge on any atom is -0.478 e. The maximum absolute atomic E-state index is 10.9. The van der Waals surface area contributed by atoms with Crippen molar-refractivity contribution in [2.75, 3.05) is 11.1 Å². The van der Waals surface area contributed by atoms with E-state index in [4.69, 9.17) is 10.8 Å². The first-order valence-electron chi connectivity index (χ1n) is 4.81. The number of carbonyl (C=O) groups is 1. The number of aryl methyl sites for hydroxylation is 1. The smallest absolute Gasteiger partial charge is 0.337 e. The van der Waals surface area contributed by atoms with E-state index in [1.54, 1.807) is 24.1 Å². The minimum atomic E-state index is -1.08. The van der Waals surface area contributed by atoms with Crippen LogP contribution in [0.4, 0.5) is 17.2 Å². The predicted molar refractivity (Wildman–Crippen MR) is 62.1 cm³/mol. The third-order valence-electron chi connectivity index (χ3n) is 2.14. The van der Waals surface area contributed by atoms with E-state index in [1.807, 2.05) is 0 Å². The lowest BCUT2D eigenvalue weighted by atomic mass is 10.2. The number of aromatic nitrogens is 3. The number of rotatable bonds is 3. The third kappa shape index (κ3) is 2.33. The van der Waals surface area contributed by atoms with Crippen LogP contribution in [0.1, 0.15) is 10.4 Å². The maximum Gasteiger partial charge on any atom is 0.337 e. The minimum absolute atomic E-state index is 0.0198. The fourth-order valence-corrected chi connectivity index (χ4v) is 1.35. The van der Waals surface area contributed by atoms with Gasteiger partial charge in [-0.1, -0.05) is 0 Å². The topological polar surface area (TPSA) is 106 Å². The Labute approximate surface area is 96.9 Å². The van der Waals surface area contributed by atoms with Crippen molar-refractivity contribution >= 4 is 23.2 Å². The molecule has 7 nitrogen and oxygen atoms in total. The van der Waals surface area contributed by atoms with Crippen LogP contribution in [0.15, 0.2) is 24.7 Å². The number of anilines is 3. The molecular weight excluding hydrogens is 222 g/mol. The van der Waals surface area contributed by atoms with Crippen LogP contribution in [0.25, 0.3) is 0 Å². The molecule has 0 bridgehead atoms. The zero-order valence-corrected chi connectivity index (χ0v) is 9.08. The van der Waals surface area contributed by atoms with Crippen LogP contribution in [-0.4, -0.2) is 25.8 Å². The molecule has 0 saturated heterocycles. The molecule has 17 heavy (non-hydrogen) atoms. The fourth-order valence-electron chi connectivity index (χ4n) is 1.35. The van der Waals surface area contributed by atoms with E-state index in [2.05, 4.69) is 15.4 Å². The van der Waals surface area contributed by atoms with Crippen molar-refractivity contribution in [3.05, 3.63) is 30.2 Å². The summed E-state index contributed by atoms with van der Waals surface area (Å²) in [4.78, 5) is 14.9. The molecule has 0 aliphatic rings. The van der Waals surface area contributed by atoms with Crippen molar-refractivity contribution in [3.8, 4) is 0 Å². The molecule has 0 spiro atoms. The third-order valence-corrected chi connectivity index (χ3v) is 2.14. The molecule has 88 valence electrons. The van der Waals surface area contributed by atoms with Crippen LogP contribution in [0.2, 0.25) is 0 Å². The van der Waals surface area contributed by atoms with Gasteiger partial charge in [0.05, 0.1) is 29.3 Å². The summed E-state index contributed by atoms with van der Waals surface area (Å²) in [7, 11) is 1.78. The summed E-state index contributed by atoms with van der Waals surface area (Å²) in [5.74, 6) is -0.677. The van der Waals surface area contributed by atoms with Crippen LogP contribution in [0.5, 0.6) is 0 Å². The van der Waals surface area contributed by atoms with Gasteiger partial charge in [-0.3, -0.25) is 4.68 Å². The van der Waals surface area contributed by atoms with Gasteiger partial charge in [0, 0.05) is 13.2 Å². The van der Waals surface area contributed by atoms with Gasteiger partial charge in [-0.25, -0.2) is 9.78 Å². The second-order valence-corrected chi connectivity index (χ2v) is 3.49. The summed E-state index contributed by atoms with van der Waals surface area (Å²) < 4.78 is 1.62. The van der Waals surface area contributed by atoms with Gasteiger partial charge >= 0.3 is 5.97 Å². The van der Waals surface area contributed by atoms with Crippen LogP contribution >= 0.6 is 0 Å². The van der Waals surface area contributed by atoms with E-state index < -0.39 is 5.97 Å². The number of carboxylic acids is 1. The number of aromatic carboxylic acids is 1. The highest BCUT2D eigenvalue weighted by Gasteiger charge is 2.09. The highest BCUT2D eigenvalue weighted by Crippen LogP contribution is 2.18. The Morgan fingerprint density at radius 3 is 2.88 bits per heavy atom. The van der Waals surface area contributed by atoms with Crippen molar-refractivity contribution in [1.82, 2.24) is 14.8 Å². The predicted octanol–water partition coefficient (Wildman–Crippen LogP) is 0.839. The van der Waals surface area contributed by atoms with Gasteiger partial charge in [-0.05, 0) is 6.07 Å². The van der Waals surface area contributed by atoms with Gasteiger partial charge in [-0.2, -0.15) is 5.10 Å². The van der Waals surface area contributed by atoms with E-state index in [-0.39, 0.29) is 11.3 Å². The molecule has 0 saturated carbocycles. The Hall–Kier alpha value is -2.57. The zero-order valence-electron chi connectivity index (χ0n) is 9.08. The van der Waals surface area contributed by atoms with Gasteiger partial charge in [-0.15, -0.1) is 0 Å². The van der Waals surface area contributed by atoms with Crippen LogP contribution < -0.4 is 11.1 Å². The molecule has 2 rings (SSSR count). The number of hydrogen-bond acceptors (Lipinski definition) is 5. The monoisotopic (exact) mass is 233 g/mol. The van der Waals surface area contributed by atoms with E-state index in [0.29, 0.717) is 5.82 Å². The van der Waals surface area contributed by atoms with Crippen molar-refractivity contribution in [2.24, 2.45) is 7.05 Å². The van der Waals surface area contributed by atoms with Crippen molar-refractivity contribution in [2.45, 2.75) is 0 Å². The molecule has 7 heteroatoms. The molecule has 4 N–H and O–H groups in total. The fraction of sp³-hybridized carbons (Fsp3) is 0.100. The number of nitrogens with zero attached hydrogens (tertiary/aromatic N) is 3. The molecular formula is C10H11N5O2. The summed E-state index contributed by atoms with van der Waals surface area (Å²) in [5, 5.41) is 15.8. The summed E-state index contributed by atoms with van der Waals surface area (Å²) in [6.45, 7) is 0. The second kappa shape index (κ2) is 4.12. The Morgan fingerprint density at radius 1 is 1.53 bits per heavy atom. The maximum atomic E-state index is 10.9. The summed E-state index contributed by atoms with van der Waals surface area (Å²) >= 11 is 0. The standard InChI is InChI=1S/C10H11N5O2/c1-15-5-6(3-13-15)14-9-2-7(10(16)17)8(11)4-12-9/h2-5H,11H2,1H3,(H,12,14)(H,16,17). The van der Waals surface area contributed by atoms with E-state index in [1.165, 1.54) is 12.3 Å². The summed E-state index contributed by atoms with van der Waals surface area (Å²) in [6.07, 6.45) is 4.67. The molecule has 2 heterocycles. The molecule has 0 amide bonds. The molecule has 2 aromatic heterocycles. The van der Waals surface area contributed by atoms with E-state index in [0.717, 1.165) is 5.69 Å². The first-order valence-corrected chi connectivity index (χ1v) is 4.81. The van der Waals surface area contributed by atoms with Crippen LogP contribution in [0, 0.1) is 0 Å². The van der Waals surface area contributed by atoms with Crippen molar-refractivity contribution in [3.63, 3.8) is 0 Å². The Kier molecular flexibility index (Phi) is 2.65. The van der Waals surface area contributed by atoms with Gasteiger partial charge < -0.3 is 16.2 Å². The molecule has 0 unspecified atom stereocenters. The Balaban J connectivity index is 2.28. The summed E-state index contributed by atoms with van der Waals surface area (Å²) in [5.41, 5.74) is 6.38. The number of nitrogen functional groups attached to an aromatic ring is 1. The van der Waals surface area contributed by atoms with Crippen molar-refractivity contribution < 1.29 is 9.90 Å². The number of nitrogens with one attached hydrogen (secondary N) is 1. The number of hydrogen-bond donors (Lipinski definition) is 3. The average molecular weight is 233 g/mol. The molecule has 0 aromatic carbocycles. The first-order chi connectivity index (χ1) is 8.06. The lowest BCUT2D eigenvalue weighted by Gasteiger charge is -2.05. The van der Waals surface area contributed by atoms with Crippen molar-refractivity contribution in [1.29, 1.82) is 0 Å². The quantitative estimate of drug-likeness (QED) is 0.725. The van der Waals surface area contributed by atoms with Gasteiger partial charge in [0.25, 0.3) is 0 Å². The van der Waals surface area contributed by atoms with Crippen LogP contribution in [0.3, 0.4) is 0 Å². The number of pyridine rings is 1. The van der Waals surface area contributed by atoms with Crippen LogP contribution in [-0.2, 0) is 7.05 Å². The highest BCUT2D eigenvalue weighted by molar-refractivity contribution is 5.94. The molecule has 2 aromatic rings. The largest absolute Gasteiger partial charge is 0.478 e. The van der Waals surface area contributed by atoms with Gasteiger partial charge in [0.1, 0.15) is 5.82 Å². The zero-order chi connectivity index (χ0) is 12.4. The summed E-state index contributed by atoms with van der Waals surface area (Å²) in [6, 6.07) is 1.38. The highest BCUT2D eigenvalue weighted by atomic mass is 16.4. The van der Waals surface area contributed by atoms with E-state index in [9.17, 15) is 4.79 Å². The number of nitrogens with two attached hydrogens (primary N) is 1.